The van der Waals surface area contributed by atoms with E-state index in [1.165, 1.54) is 5.56 Å². The molecule has 3 heterocycles. The molecule has 1 fully saturated rings. The van der Waals surface area contributed by atoms with Gasteiger partial charge in [0.25, 0.3) is 0 Å². The van der Waals surface area contributed by atoms with Gasteiger partial charge in [0, 0.05) is 32.7 Å². The first-order valence-electron chi connectivity index (χ1n) is 8.91. The molecule has 3 N–H and O–H groups in total. The van der Waals surface area contributed by atoms with Crippen molar-refractivity contribution < 1.29 is 4.74 Å². The molecule has 1 saturated heterocycles. The summed E-state index contributed by atoms with van der Waals surface area (Å²) in [6.07, 6.45) is 1.64. The Balaban J connectivity index is 1.42. The number of fused-ring (bicyclic) bond motifs is 1. The van der Waals surface area contributed by atoms with Crippen molar-refractivity contribution in [2.24, 2.45) is 0 Å². The smallest absolute Gasteiger partial charge is 0.226 e. The molecule has 26 heavy (non-hydrogen) atoms. The summed E-state index contributed by atoms with van der Waals surface area (Å²) in [6.45, 7) is 5.99. The van der Waals surface area contributed by atoms with Gasteiger partial charge in [0.1, 0.15) is 5.52 Å². The highest BCUT2D eigenvalue weighted by molar-refractivity contribution is 5.83. The Bertz CT molecular complexity index is 830. The highest BCUT2D eigenvalue weighted by Crippen LogP contribution is 2.19. The second-order valence-electron chi connectivity index (χ2n) is 6.22. The number of rotatable bonds is 7. The third-order valence-corrected chi connectivity index (χ3v) is 4.40. The lowest BCUT2D eigenvalue weighted by molar-refractivity contribution is 0.0398. The van der Waals surface area contributed by atoms with Crippen LogP contribution in [0.15, 0.2) is 36.7 Å². The van der Waals surface area contributed by atoms with Crippen molar-refractivity contribution in [3.05, 3.63) is 42.2 Å². The number of ether oxygens (including phenoxy) is 1. The third-order valence-electron chi connectivity index (χ3n) is 4.40. The molecule has 4 rings (SSSR count). The lowest BCUT2D eigenvalue weighted by Gasteiger charge is -2.26. The Morgan fingerprint density at radius 2 is 1.92 bits per heavy atom. The molecule has 0 spiro atoms. The normalized spacial score (nSPS) is 15.2. The number of hydrogen-bond acceptors (Lipinski definition) is 7. The van der Waals surface area contributed by atoms with E-state index in [1.54, 1.807) is 6.33 Å². The highest BCUT2D eigenvalue weighted by atomic mass is 16.5. The van der Waals surface area contributed by atoms with Crippen LogP contribution in [0.4, 0.5) is 11.8 Å². The van der Waals surface area contributed by atoms with Crippen LogP contribution < -0.4 is 10.6 Å². The van der Waals surface area contributed by atoms with Crippen molar-refractivity contribution in [1.29, 1.82) is 0 Å². The topological polar surface area (TPSA) is 91.0 Å². The largest absolute Gasteiger partial charge is 0.379 e. The number of aromatic amines is 1. The quantitative estimate of drug-likeness (QED) is 0.596. The molecule has 0 amide bonds. The van der Waals surface area contributed by atoms with Crippen molar-refractivity contribution in [3.8, 4) is 0 Å². The molecular formula is C18H23N7O. The highest BCUT2D eigenvalue weighted by Gasteiger charge is 2.12. The summed E-state index contributed by atoms with van der Waals surface area (Å²) in [7, 11) is 0. The number of morpholine rings is 1. The minimum atomic E-state index is 0.591. The first-order valence-corrected chi connectivity index (χ1v) is 8.91. The van der Waals surface area contributed by atoms with Crippen LogP contribution in [0.1, 0.15) is 5.56 Å². The van der Waals surface area contributed by atoms with Crippen LogP contribution in [0.3, 0.4) is 0 Å². The van der Waals surface area contributed by atoms with Gasteiger partial charge < -0.3 is 20.4 Å². The lowest BCUT2D eigenvalue weighted by Crippen LogP contribution is -2.39. The number of nitrogens with one attached hydrogen (secondary N) is 3. The van der Waals surface area contributed by atoms with Gasteiger partial charge in [0.05, 0.1) is 19.5 Å². The molecule has 3 aromatic rings. The first kappa shape index (κ1) is 16.7. The van der Waals surface area contributed by atoms with Gasteiger partial charge in [-0.1, -0.05) is 30.3 Å². The first-order chi connectivity index (χ1) is 12.9. The predicted octanol–water partition coefficient (Wildman–Crippen LogP) is 1.71. The van der Waals surface area contributed by atoms with E-state index in [0.29, 0.717) is 18.1 Å². The van der Waals surface area contributed by atoms with Crippen LogP contribution in [0.2, 0.25) is 0 Å². The van der Waals surface area contributed by atoms with Crippen molar-refractivity contribution in [2.45, 2.75) is 6.54 Å². The Morgan fingerprint density at radius 1 is 1.08 bits per heavy atom. The molecular weight excluding hydrogens is 330 g/mol. The van der Waals surface area contributed by atoms with Gasteiger partial charge in [0.15, 0.2) is 11.5 Å². The minimum Gasteiger partial charge on any atom is -0.379 e. The Morgan fingerprint density at radius 3 is 2.77 bits per heavy atom. The molecule has 1 aliphatic rings. The fourth-order valence-electron chi connectivity index (χ4n) is 2.97. The van der Waals surface area contributed by atoms with E-state index in [4.69, 9.17) is 4.74 Å². The predicted molar refractivity (Wildman–Crippen MR) is 101 cm³/mol. The number of aromatic nitrogens is 4. The maximum absolute atomic E-state index is 5.38. The fraction of sp³-hybridized carbons (Fsp3) is 0.389. The molecule has 0 saturated carbocycles. The van der Waals surface area contributed by atoms with E-state index < -0.39 is 0 Å². The van der Waals surface area contributed by atoms with Gasteiger partial charge in [-0.2, -0.15) is 9.97 Å². The SMILES string of the molecule is c1ccc(CNc2nc(NCCN3CCOCC3)nc3nc[nH]c23)cc1. The van der Waals surface area contributed by atoms with E-state index in [-0.39, 0.29) is 0 Å². The fourth-order valence-corrected chi connectivity index (χ4v) is 2.97. The lowest BCUT2D eigenvalue weighted by atomic mass is 10.2. The zero-order valence-corrected chi connectivity index (χ0v) is 14.6. The van der Waals surface area contributed by atoms with E-state index >= 15 is 0 Å². The monoisotopic (exact) mass is 353 g/mol. The van der Waals surface area contributed by atoms with E-state index in [9.17, 15) is 0 Å². The van der Waals surface area contributed by atoms with E-state index in [1.807, 2.05) is 18.2 Å². The van der Waals surface area contributed by atoms with Crippen molar-refractivity contribution >= 4 is 22.9 Å². The van der Waals surface area contributed by atoms with Gasteiger partial charge in [-0.25, -0.2) is 4.98 Å². The van der Waals surface area contributed by atoms with Gasteiger partial charge in [-0.3, -0.25) is 4.90 Å². The number of imidazole rings is 1. The Kier molecular flexibility index (Phi) is 5.22. The second kappa shape index (κ2) is 8.11. The molecule has 1 aromatic carbocycles. The zero-order chi connectivity index (χ0) is 17.6. The molecule has 8 nitrogen and oxygen atoms in total. The molecule has 1 aliphatic heterocycles. The standard InChI is InChI=1S/C18H23N7O/c1-2-4-14(5-3-1)12-20-16-15-17(22-13-21-15)24-18(23-16)19-6-7-25-8-10-26-11-9-25/h1-5,13H,6-12H2,(H3,19,20,21,22,23,24). The molecule has 0 bridgehead atoms. The summed E-state index contributed by atoms with van der Waals surface area (Å²) in [5, 5.41) is 6.69. The third kappa shape index (κ3) is 4.09. The summed E-state index contributed by atoms with van der Waals surface area (Å²) in [5.41, 5.74) is 2.67. The molecule has 0 radical (unpaired) electrons. The minimum absolute atomic E-state index is 0.591. The molecule has 2 aromatic heterocycles. The molecule has 0 atom stereocenters. The number of H-pyrrole nitrogens is 1. The maximum Gasteiger partial charge on any atom is 0.226 e. The van der Waals surface area contributed by atoms with Crippen molar-refractivity contribution in [2.75, 3.05) is 50.0 Å². The molecule has 0 unspecified atom stereocenters. The van der Waals surface area contributed by atoms with Crippen molar-refractivity contribution in [3.63, 3.8) is 0 Å². The van der Waals surface area contributed by atoms with E-state index in [0.717, 1.165) is 50.7 Å². The van der Waals surface area contributed by atoms with Crippen LogP contribution in [0, 0.1) is 0 Å². The Labute approximate surface area is 152 Å². The summed E-state index contributed by atoms with van der Waals surface area (Å²) in [4.78, 5) is 18.9. The summed E-state index contributed by atoms with van der Waals surface area (Å²) < 4.78 is 5.38. The van der Waals surface area contributed by atoms with Crippen molar-refractivity contribution in [1.82, 2.24) is 24.8 Å². The van der Waals surface area contributed by atoms with Gasteiger partial charge in [0.2, 0.25) is 5.95 Å². The number of benzene rings is 1. The number of hydrogen-bond donors (Lipinski definition) is 3. The van der Waals surface area contributed by atoms with Crippen LogP contribution in [0.5, 0.6) is 0 Å². The molecule has 8 heteroatoms. The Hall–Kier alpha value is -2.71. The number of nitrogens with zero attached hydrogens (tertiary/aromatic N) is 4. The molecule has 0 aliphatic carbocycles. The summed E-state index contributed by atoms with van der Waals surface area (Å²) in [6, 6.07) is 10.2. The average molecular weight is 353 g/mol. The van der Waals surface area contributed by atoms with Gasteiger partial charge >= 0.3 is 0 Å². The average Bonchev–Trinajstić information content (AvgIpc) is 3.16. The van der Waals surface area contributed by atoms with Crippen LogP contribution in [-0.4, -0.2) is 64.2 Å². The summed E-state index contributed by atoms with van der Waals surface area (Å²) >= 11 is 0. The summed E-state index contributed by atoms with van der Waals surface area (Å²) in [5.74, 6) is 1.35. The van der Waals surface area contributed by atoms with Gasteiger partial charge in [-0.05, 0) is 5.56 Å². The van der Waals surface area contributed by atoms with Gasteiger partial charge in [-0.15, -0.1) is 0 Å². The van der Waals surface area contributed by atoms with Crippen LogP contribution >= 0.6 is 0 Å². The van der Waals surface area contributed by atoms with Crippen LogP contribution in [-0.2, 0) is 11.3 Å². The zero-order valence-electron chi connectivity index (χ0n) is 14.6. The van der Waals surface area contributed by atoms with E-state index in [2.05, 4.69) is 47.6 Å². The second-order valence-corrected chi connectivity index (χ2v) is 6.22. The molecule has 136 valence electrons. The van der Waals surface area contributed by atoms with Crippen LogP contribution in [0.25, 0.3) is 11.2 Å². The number of anilines is 2. The maximum atomic E-state index is 5.38.